The van der Waals surface area contributed by atoms with Crippen molar-refractivity contribution in [1.29, 1.82) is 0 Å². The first-order chi connectivity index (χ1) is 6.57. The van der Waals surface area contributed by atoms with E-state index in [9.17, 15) is 0 Å². The second-order valence-corrected chi connectivity index (χ2v) is 4.24. The Balaban J connectivity index is 3.20. The van der Waals surface area contributed by atoms with Crippen LogP contribution in [-0.2, 0) is 0 Å². The van der Waals surface area contributed by atoms with Crippen LogP contribution in [0.3, 0.4) is 0 Å². The highest BCUT2D eigenvalue weighted by Crippen LogP contribution is 2.27. The number of benzene rings is 1. The fraction of sp³-hybridized carbons (Fsp3) is 0.429. The van der Waals surface area contributed by atoms with E-state index in [0.29, 0.717) is 11.8 Å². The van der Waals surface area contributed by atoms with Crippen LogP contribution in [0.4, 0.5) is 0 Å². The predicted molar refractivity (Wildman–Crippen MR) is 63.9 cm³/mol. The molecule has 0 aliphatic heterocycles. The molecule has 0 heterocycles. The third kappa shape index (κ3) is 2.06. The summed E-state index contributed by atoms with van der Waals surface area (Å²) >= 11 is 0. The summed E-state index contributed by atoms with van der Waals surface area (Å²) in [5.41, 5.74) is 4.29. The van der Waals surface area contributed by atoms with Gasteiger partial charge < -0.3 is 0 Å². The zero-order valence-corrected chi connectivity index (χ0v) is 9.67. The molecule has 0 N–H and O–H groups in total. The van der Waals surface area contributed by atoms with Crippen LogP contribution in [0.25, 0.3) is 0 Å². The fourth-order valence-corrected chi connectivity index (χ4v) is 1.92. The molecule has 0 saturated heterocycles. The summed E-state index contributed by atoms with van der Waals surface area (Å²) in [6.07, 6.45) is 2.01. The standard InChI is InChI=1S/C14H20/c1-6-11(4)14-9-7-8-13(10(2)3)12(14)5/h6-11H,1H2,2-5H3. The molecule has 0 bridgehead atoms. The van der Waals surface area contributed by atoms with E-state index < -0.39 is 0 Å². The number of hydrogen-bond donors (Lipinski definition) is 0. The highest BCUT2D eigenvalue weighted by atomic mass is 14.1. The van der Waals surface area contributed by atoms with Crippen molar-refractivity contribution in [3.8, 4) is 0 Å². The topological polar surface area (TPSA) is 0 Å². The van der Waals surface area contributed by atoms with Crippen LogP contribution in [0.5, 0.6) is 0 Å². The Hall–Kier alpha value is -1.04. The molecule has 1 aromatic rings. The van der Waals surface area contributed by atoms with Crippen molar-refractivity contribution in [2.75, 3.05) is 0 Å². The van der Waals surface area contributed by atoms with Crippen LogP contribution in [0, 0.1) is 6.92 Å². The molecule has 14 heavy (non-hydrogen) atoms. The molecule has 1 aromatic carbocycles. The molecule has 0 aliphatic carbocycles. The van der Waals surface area contributed by atoms with E-state index in [1.54, 1.807) is 0 Å². The molecule has 0 saturated carbocycles. The Morgan fingerprint density at radius 1 is 1.14 bits per heavy atom. The van der Waals surface area contributed by atoms with Gasteiger partial charge in [0.15, 0.2) is 0 Å². The summed E-state index contributed by atoms with van der Waals surface area (Å²) in [4.78, 5) is 0. The van der Waals surface area contributed by atoms with Crippen LogP contribution in [0.15, 0.2) is 30.9 Å². The van der Waals surface area contributed by atoms with Crippen molar-refractivity contribution in [3.63, 3.8) is 0 Å². The van der Waals surface area contributed by atoms with E-state index in [1.807, 2.05) is 6.08 Å². The van der Waals surface area contributed by atoms with Crippen molar-refractivity contribution >= 4 is 0 Å². The smallest absolute Gasteiger partial charge is 0.00104 e. The SMILES string of the molecule is C=CC(C)c1cccc(C(C)C)c1C. The molecule has 0 aliphatic rings. The van der Waals surface area contributed by atoms with E-state index >= 15 is 0 Å². The first kappa shape index (κ1) is 11.0. The number of allylic oxidation sites excluding steroid dienone is 1. The van der Waals surface area contributed by atoms with Gasteiger partial charge >= 0.3 is 0 Å². The molecular weight excluding hydrogens is 168 g/mol. The Morgan fingerprint density at radius 2 is 1.71 bits per heavy atom. The predicted octanol–water partition coefficient (Wildman–Crippen LogP) is 4.41. The van der Waals surface area contributed by atoms with E-state index in [4.69, 9.17) is 0 Å². The maximum Gasteiger partial charge on any atom is -0.00104 e. The van der Waals surface area contributed by atoms with E-state index in [2.05, 4.69) is 52.5 Å². The Labute approximate surface area is 87.7 Å². The van der Waals surface area contributed by atoms with Gasteiger partial charge in [-0.3, -0.25) is 0 Å². The lowest BCUT2D eigenvalue weighted by atomic mass is 9.89. The van der Waals surface area contributed by atoms with Gasteiger partial charge in [-0.05, 0) is 35.4 Å². The molecule has 0 heteroatoms. The van der Waals surface area contributed by atoms with Crippen molar-refractivity contribution in [2.45, 2.75) is 39.5 Å². The molecular formula is C14H20. The zero-order valence-electron chi connectivity index (χ0n) is 9.67. The average molecular weight is 188 g/mol. The minimum Gasteiger partial charge on any atom is -0.102 e. The molecule has 76 valence electrons. The summed E-state index contributed by atoms with van der Waals surface area (Å²) in [5.74, 6) is 1.06. The lowest BCUT2D eigenvalue weighted by Gasteiger charge is -2.16. The van der Waals surface area contributed by atoms with E-state index in [-0.39, 0.29) is 0 Å². The monoisotopic (exact) mass is 188 g/mol. The molecule has 1 unspecified atom stereocenters. The van der Waals surface area contributed by atoms with Gasteiger partial charge in [-0.25, -0.2) is 0 Å². The minimum atomic E-state index is 0.452. The van der Waals surface area contributed by atoms with Crippen molar-refractivity contribution in [1.82, 2.24) is 0 Å². The van der Waals surface area contributed by atoms with E-state index in [1.165, 1.54) is 16.7 Å². The van der Waals surface area contributed by atoms with Crippen LogP contribution >= 0.6 is 0 Å². The zero-order chi connectivity index (χ0) is 10.7. The van der Waals surface area contributed by atoms with Crippen LogP contribution in [0.2, 0.25) is 0 Å². The lowest BCUT2D eigenvalue weighted by Crippen LogP contribution is -1.99. The van der Waals surface area contributed by atoms with Crippen LogP contribution in [0.1, 0.15) is 49.3 Å². The molecule has 0 fully saturated rings. The largest absolute Gasteiger partial charge is 0.102 e. The van der Waals surface area contributed by atoms with Gasteiger partial charge in [-0.2, -0.15) is 0 Å². The fourth-order valence-electron chi connectivity index (χ4n) is 1.92. The van der Waals surface area contributed by atoms with Crippen molar-refractivity contribution in [3.05, 3.63) is 47.5 Å². The second kappa shape index (κ2) is 4.45. The van der Waals surface area contributed by atoms with Gasteiger partial charge in [-0.1, -0.05) is 45.0 Å². The van der Waals surface area contributed by atoms with Gasteiger partial charge in [0.1, 0.15) is 0 Å². The molecule has 0 radical (unpaired) electrons. The van der Waals surface area contributed by atoms with Crippen molar-refractivity contribution in [2.24, 2.45) is 0 Å². The lowest BCUT2D eigenvalue weighted by molar-refractivity contribution is 0.841. The number of hydrogen-bond acceptors (Lipinski definition) is 0. The van der Waals surface area contributed by atoms with Gasteiger partial charge in [0.2, 0.25) is 0 Å². The second-order valence-electron chi connectivity index (χ2n) is 4.24. The maximum absolute atomic E-state index is 3.85. The van der Waals surface area contributed by atoms with Gasteiger partial charge in [0.25, 0.3) is 0 Å². The molecule has 0 aromatic heterocycles. The third-order valence-corrected chi connectivity index (χ3v) is 2.88. The quantitative estimate of drug-likeness (QED) is 0.616. The molecule has 1 atom stereocenters. The molecule has 1 rings (SSSR count). The third-order valence-electron chi connectivity index (χ3n) is 2.88. The average Bonchev–Trinajstić information content (AvgIpc) is 2.16. The van der Waals surface area contributed by atoms with Crippen LogP contribution < -0.4 is 0 Å². The Morgan fingerprint density at radius 3 is 2.21 bits per heavy atom. The Kier molecular flexibility index (Phi) is 3.51. The first-order valence-corrected chi connectivity index (χ1v) is 5.29. The first-order valence-electron chi connectivity index (χ1n) is 5.29. The highest BCUT2D eigenvalue weighted by Gasteiger charge is 2.09. The summed E-state index contributed by atoms with van der Waals surface area (Å²) in [6, 6.07) is 6.57. The summed E-state index contributed by atoms with van der Waals surface area (Å²) in [5, 5.41) is 0. The Bertz CT molecular complexity index is 321. The summed E-state index contributed by atoms with van der Waals surface area (Å²) in [6.45, 7) is 12.7. The maximum atomic E-state index is 3.85. The molecule has 0 spiro atoms. The van der Waals surface area contributed by atoms with E-state index in [0.717, 1.165) is 0 Å². The van der Waals surface area contributed by atoms with Crippen molar-refractivity contribution < 1.29 is 0 Å². The highest BCUT2D eigenvalue weighted by molar-refractivity contribution is 5.39. The number of rotatable bonds is 3. The summed E-state index contributed by atoms with van der Waals surface area (Å²) < 4.78 is 0. The normalized spacial score (nSPS) is 12.9. The minimum absolute atomic E-state index is 0.452. The molecule has 0 nitrogen and oxygen atoms in total. The molecule has 0 amide bonds. The van der Waals surface area contributed by atoms with Gasteiger partial charge in [-0.15, -0.1) is 6.58 Å². The van der Waals surface area contributed by atoms with Gasteiger partial charge in [0, 0.05) is 0 Å². The van der Waals surface area contributed by atoms with Gasteiger partial charge in [0.05, 0.1) is 0 Å². The van der Waals surface area contributed by atoms with Crippen LogP contribution in [-0.4, -0.2) is 0 Å². The summed E-state index contributed by atoms with van der Waals surface area (Å²) in [7, 11) is 0.